The Morgan fingerprint density at radius 2 is 2.11 bits per heavy atom. The summed E-state index contributed by atoms with van der Waals surface area (Å²) >= 11 is 0. The van der Waals surface area contributed by atoms with Gasteiger partial charge in [0.2, 0.25) is 0 Å². The fraction of sp³-hybridized carbons (Fsp3) is 0.667. The molecule has 3 heteroatoms. The molecule has 0 amide bonds. The fourth-order valence-corrected chi connectivity index (χ4v) is 0.295. The van der Waals surface area contributed by atoms with Crippen molar-refractivity contribution in [3.8, 4) is 0 Å². The highest BCUT2D eigenvalue weighted by molar-refractivity contribution is 5.81. The Balaban J connectivity index is 4.19. The smallest absolute Gasteiger partial charge is 0.392 e. The number of hydrogen-bond acceptors (Lipinski definition) is 2. The van der Waals surface area contributed by atoms with Crippen LogP contribution in [0.3, 0.4) is 0 Å². The number of methoxy groups -OCH3 is 1. The van der Waals surface area contributed by atoms with E-state index >= 15 is 0 Å². The van der Waals surface area contributed by atoms with Gasteiger partial charge in [-0.15, -0.1) is 0 Å². The van der Waals surface area contributed by atoms with Crippen molar-refractivity contribution in [3.63, 3.8) is 0 Å². The van der Waals surface area contributed by atoms with Crippen LogP contribution < -0.4 is 0 Å². The van der Waals surface area contributed by atoms with E-state index < -0.39 is 11.5 Å². The SMILES string of the molecule is [C-]#[N+]C(C)(C)C(=O)OC. The van der Waals surface area contributed by atoms with E-state index in [9.17, 15) is 4.79 Å². The first-order chi connectivity index (χ1) is 4.04. The second-order valence-electron chi connectivity index (χ2n) is 2.16. The fourth-order valence-electron chi connectivity index (χ4n) is 0.295. The lowest BCUT2D eigenvalue weighted by molar-refractivity contribution is -0.144. The van der Waals surface area contributed by atoms with E-state index in [1.54, 1.807) is 0 Å². The molecule has 3 nitrogen and oxygen atoms in total. The predicted molar refractivity (Wildman–Crippen MR) is 32.7 cm³/mol. The molecule has 0 aromatic heterocycles. The molecule has 0 saturated heterocycles. The lowest BCUT2D eigenvalue weighted by Crippen LogP contribution is -2.28. The summed E-state index contributed by atoms with van der Waals surface area (Å²) in [5, 5.41) is 0. The number of nitrogens with zero attached hydrogens (tertiary/aromatic N) is 1. The maximum Gasteiger partial charge on any atom is 0.392 e. The first-order valence-electron chi connectivity index (χ1n) is 2.51. The molecule has 0 N–H and O–H groups in total. The Labute approximate surface area is 54.4 Å². The number of carbonyl (C=O) groups is 1. The van der Waals surface area contributed by atoms with Gasteiger partial charge in [-0.3, -0.25) is 4.85 Å². The van der Waals surface area contributed by atoms with Crippen LogP contribution in [0.4, 0.5) is 0 Å². The Morgan fingerprint density at radius 1 is 1.67 bits per heavy atom. The normalized spacial score (nSPS) is 10.0. The lowest BCUT2D eigenvalue weighted by Gasteiger charge is -2.05. The van der Waals surface area contributed by atoms with Gasteiger partial charge in [-0.25, -0.2) is 11.4 Å². The van der Waals surface area contributed by atoms with Gasteiger partial charge in [0.1, 0.15) is 0 Å². The second-order valence-corrected chi connectivity index (χ2v) is 2.16. The van der Waals surface area contributed by atoms with Gasteiger partial charge in [0.05, 0.1) is 7.11 Å². The third-order valence-electron chi connectivity index (χ3n) is 0.964. The van der Waals surface area contributed by atoms with Gasteiger partial charge in [0.15, 0.2) is 0 Å². The number of esters is 1. The van der Waals surface area contributed by atoms with Crippen LogP contribution in [0.1, 0.15) is 13.8 Å². The van der Waals surface area contributed by atoms with E-state index in [-0.39, 0.29) is 0 Å². The zero-order valence-corrected chi connectivity index (χ0v) is 5.76. The minimum absolute atomic E-state index is 0.488. The van der Waals surface area contributed by atoms with Crippen molar-refractivity contribution >= 4 is 5.97 Å². The van der Waals surface area contributed by atoms with Crippen molar-refractivity contribution in [1.82, 2.24) is 0 Å². The molecule has 0 aliphatic heterocycles. The first-order valence-corrected chi connectivity index (χ1v) is 2.51. The summed E-state index contributed by atoms with van der Waals surface area (Å²) in [6.45, 7) is 9.60. The average Bonchev–Trinajstić information content (AvgIpc) is 1.86. The summed E-state index contributed by atoms with van der Waals surface area (Å²) in [7, 11) is 1.27. The van der Waals surface area contributed by atoms with Gasteiger partial charge in [-0.05, 0) is 0 Å². The minimum Gasteiger partial charge on any atom is -0.463 e. The molecule has 0 atom stereocenters. The van der Waals surface area contributed by atoms with Crippen LogP contribution >= 0.6 is 0 Å². The highest BCUT2D eigenvalue weighted by Gasteiger charge is 2.34. The molecule has 0 saturated carbocycles. The standard InChI is InChI=1S/C6H9NO2/c1-6(2,7-3)5(8)9-4/h1-2,4H3. The van der Waals surface area contributed by atoms with E-state index in [1.807, 2.05) is 0 Å². The van der Waals surface area contributed by atoms with Gasteiger partial charge in [0.25, 0.3) is 0 Å². The van der Waals surface area contributed by atoms with Crippen LogP contribution in [0.25, 0.3) is 4.85 Å². The Morgan fingerprint density at radius 3 is 2.22 bits per heavy atom. The van der Waals surface area contributed by atoms with E-state index in [2.05, 4.69) is 9.58 Å². The zero-order chi connectivity index (χ0) is 7.49. The van der Waals surface area contributed by atoms with E-state index in [1.165, 1.54) is 21.0 Å². The monoisotopic (exact) mass is 127 g/mol. The molecule has 0 radical (unpaired) electrons. The molecule has 50 valence electrons. The molecule has 0 unspecified atom stereocenters. The van der Waals surface area contributed by atoms with Crippen LogP contribution in [0.5, 0.6) is 0 Å². The maximum absolute atomic E-state index is 10.6. The second kappa shape index (κ2) is 2.49. The van der Waals surface area contributed by atoms with Gasteiger partial charge in [-0.2, -0.15) is 0 Å². The molecule has 0 spiro atoms. The van der Waals surface area contributed by atoms with Crippen LogP contribution in [-0.4, -0.2) is 18.6 Å². The topological polar surface area (TPSA) is 30.7 Å². The zero-order valence-electron chi connectivity index (χ0n) is 5.76. The van der Waals surface area contributed by atoms with Crippen molar-refractivity contribution in [3.05, 3.63) is 11.4 Å². The van der Waals surface area contributed by atoms with Crippen molar-refractivity contribution in [2.75, 3.05) is 7.11 Å². The molecule has 0 aliphatic carbocycles. The molecule has 0 heterocycles. The van der Waals surface area contributed by atoms with Crippen LogP contribution in [-0.2, 0) is 9.53 Å². The van der Waals surface area contributed by atoms with Crippen molar-refractivity contribution in [1.29, 1.82) is 0 Å². The molecular weight excluding hydrogens is 118 g/mol. The van der Waals surface area contributed by atoms with Gasteiger partial charge in [0, 0.05) is 13.8 Å². The highest BCUT2D eigenvalue weighted by Crippen LogP contribution is 2.09. The molecular formula is C6H9NO2. The molecule has 0 aliphatic rings. The van der Waals surface area contributed by atoms with Crippen molar-refractivity contribution in [2.24, 2.45) is 0 Å². The number of hydrogen-bond donors (Lipinski definition) is 0. The largest absolute Gasteiger partial charge is 0.463 e. The quantitative estimate of drug-likeness (QED) is 0.386. The number of rotatable bonds is 1. The van der Waals surface area contributed by atoms with Crippen molar-refractivity contribution < 1.29 is 9.53 Å². The van der Waals surface area contributed by atoms with Gasteiger partial charge >= 0.3 is 11.5 Å². The van der Waals surface area contributed by atoms with E-state index in [0.29, 0.717) is 0 Å². The van der Waals surface area contributed by atoms with E-state index in [4.69, 9.17) is 6.57 Å². The van der Waals surface area contributed by atoms with Crippen LogP contribution in [0, 0.1) is 6.57 Å². The summed E-state index contributed by atoms with van der Waals surface area (Å²) in [5.74, 6) is -0.488. The third kappa shape index (κ3) is 1.73. The molecule has 0 aromatic rings. The van der Waals surface area contributed by atoms with E-state index in [0.717, 1.165) is 0 Å². The number of carbonyl (C=O) groups excluding carboxylic acids is 1. The third-order valence-corrected chi connectivity index (χ3v) is 0.964. The summed E-state index contributed by atoms with van der Waals surface area (Å²) in [4.78, 5) is 13.7. The number of ether oxygens (including phenoxy) is 1. The Kier molecular flexibility index (Phi) is 2.20. The summed E-state index contributed by atoms with van der Waals surface area (Å²) in [6, 6.07) is 0. The maximum atomic E-state index is 10.6. The summed E-state index contributed by atoms with van der Waals surface area (Å²) in [5.41, 5.74) is -1.02. The molecule has 0 bridgehead atoms. The predicted octanol–water partition coefficient (Wildman–Crippen LogP) is 0.857. The molecule has 9 heavy (non-hydrogen) atoms. The minimum atomic E-state index is -1.02. The molecule has 0 aromatic carbocycles. The Bertz CT molecular complexity index is 155. The summed E-state index contributed by atoms with van der Waals surface area (Å²) < 4.78 is 4.35. The summed E-state index contributed by atoms with van der Waals surface area (Å²) in [6.07, 6.45) is 0. The lowest BCUT2D eigenvalue weighted by atomic mass is 10.1. The molecule has 0 rings (SSSR count). The van der Waals surface area contributed by atoms with Crippen LogP contribution in [0.2, 0.25) is 0 Å². The molecule has 0 fully saturated rings. The van der Waals surface area contributed by atoms with Crippen LogP contribution in [0.15, 0.2) is 0 Å². The first kappa shape index (κ1) is 7.96. The van der Waals surface area contributed by atoms with Gasteiger partial charge < -0.3 is 4.74 Å². The average molecular weight is 127 g/mol. The highest BCUT2D eigenvalue weighted by atomic mass is 16.5. The Hall–Kier alpha value is -1.04. The van der Waals surface area contributed by atoms with Crippen molar-refractivity contribution in [2.45, 2.75) is 19.4 Å². The van der Waals surface area contributed by atoms with Gasteiger partial charge in [-0.1, -0.05) is 0 Å².